The predicted octanol–water partition coefficient (Wildman–Crippen LogP) is 1.18. The van der Waals surface area contributed by atoms with Crippen molar-refractivity contribution in [3.05, 3.63) is 41.8 Å². The average Bonchev–Trinajstić information content (AvgIpc) is 3.09. The molecule has 21 heavy (non-hydrogen) atoms. The van der Waals surface area contributed by atoms with Crippen LogP contribution in [0, 0.1) is 17.1 Å². The lowest BCUT2D eigenvalue weighted by Crippen LogP contribution is -2.29. The van der Waals surface area contributed by atoms with Crippen LogP contribution >= 0.6 is 0 Å². The van der Waals surface area contributed by atoms with Gasteiger partial charge in [-0.3, -0.25) is 4.79 Å². The van der Waals surface area contributed by atoms with E-state index in [1.165, 1.54) is 16.8 Å². The van der Waals surface area contributed by atoms with Gasteiger partial charge in [-0.05, 0) is 24.6 Å². The molecule has 0 radical (unpaired) electrons. The number of aromatic nitrogens is 2. The van der Waals surface area contributed by atoms with Gasteiger partial charge in [-0.2, -0.15) is 10.4 Å². The maximum absolute atomic E-state index is 13.9. The van der Waals surface area contributed by atoms with Gasteiger partial charge >= 0.3 is 0 Å². The Kier molecular flexibility index (Phi) is 3.28. The van der Waals surface area contributed by atoms with Crippen molar-refractivity contribution < 1.29 is 9.18 Å². The van der Waals surface area contributed by atoms with Crippen LogP contribution in [0.3, 0.4) is 0 Å². The summed E-state index contributed by atoms with van der Waals surface area (Å²) < 4.78 is 15.3. The molecule has 1 aliphatic heterocycles. The van der Waals surface area contributed by atoms with Crippen molar-refractivity contribution in [2.24, 2.45) is 0 Å². The van der Waals surface area contributed by atoms with Crippen molar-refractivity contribution >= 4 is 11.7 Å². The molecule has 106 valence electrons. The average molecular weight is 285 g/mol. The number of benzene rings is 1. The molecule has 0 spiro atoms. The van der Waals surface area contributed by atoms with E-state index in [9.17, 15) is 9.18 Å². The molecular formula is C14H12FN5O. The Labute approximate surface area is 120 Å². The molecule has 0 aliphatic carbocycles. The predicted molar refractivity (Wildman–Crippen MR) is 73.3 cm³/mol. The first-order valence-corrected chi connectivity index (χ1v) is 6.47. The minimum Gasteiger partial charge on any atom is -0.357 e. The Morgan fingerprint density at radius 2 is 2.33 bits per heavy atom. The third-order valence-electron chi connectivity index (χ3n) is 3.28. The zero-order valence-electron chi connectivity index (χ0n) is 11.0. The molecule has 0 saturated carbocycles. The molecule has 1 aromatic heterocycles. The minimum absolute atomic E-state index is 0.0610. The number of carbonyl (C=O) groups is 1. The van der Waals surface area contributed by atoms with Crippen molar-refractivity contribution in [3.63, 3.8) is 0 Å². The van der Waals surface area contributed by atoms with Gasteiger partial charge in [-0.25, -0.2) is 9.07 Å². The Hall–Kier alpha value is -2.88. The first-order chi connectivity index (χ1) is 10.2. The molecule has 3 rings (SSSR count). The van der Waals surface area contributed by atoms with E-state index in [1.54, 1.807) is 12.3 Å². The highest BCUT2D eigenvalue weighted by atomic mass is 19.1. The Morgan fingerprint density at radius 3 is 3.00 bits per heavy atom. The smallest absolute Gasteiger partial charge is 0.242 e. The summed E-state index contributed by atoms with van der Waals surface area (Å²) in [5.41, 5.74) is 0.502. The molecule has 7 heteroatoms. The summed E-state index contributed by atoms with van der Waals surface area (Å²) in [6, 6.07) is 7.42. The van der Waals surface area contributed by atoms with E-state index in [4.69, 9.17) is 5.26 Å². The van der Waals surface area contributed by atoms with Gasteiger partial charge in [-0.1, -0.05) is 0 Å². The topological polar surface area (TPSA) is 82.7 Å². The SMILES string of the molecule is N#Cc1ccc(-n2ccc(NC3CCNC3=O)n2)c(F)c1. The number of nitriles is 1. The highest BCUT2D eigenvalue weighted by Gasteiger charge is 2.24. The van der Waals surface area contributed by atoms with Crippen molar-refractivity contribution in [1.82, 2.24) is 15.1 Å². The number of carbonyl (C=O) groups excluding carboxylic acids is 1. The van der Waals surface area contributed by atoms with Gasteiger partial charge in [0.05, 0.1) is 11.6 Å². The van der Waals surface area contributed by atoms with Crippen LogP contribution < -0.4 is 10.6 Å². The summed E-state index contributed by atoms with van der Waals surface area (Å²) in [5.74, 6) is -0.0859. The second-order valence-electron chi connectivity index (χ2n) is 4.70. The van der Waals surface area contributed by atoms with E-state index in [-0.39, 0.29) is 23.2 Å². The molecule has 1 unspecified atom stereocenters. The molecule has 6 nitrogen and oxygen atoms in total. The van der Waals surface area contributed by atoms with Gasteiger partial charge in [0, 0.05) is 18.8 Å². The van der Waals surface area contributed by atoms with E-state index < -0.39 is 5.82 Å². The van der Waals surface area contributed by atoms with E-state index in [0.717, 1.165) is 6.07 Å². The molecular weight excluding hydrogens is 273 g/mol. The zero-order chi connectivity index (χ0) is 14.8. The number of hydrogen-bond donors (Lipinski definition) is 2. The second kappa shape index (κ2) is 5.25. The molecule has 1 aliphatic rings. The van der Waals surface area contributed by atoms with E-state index in [0.29, 0.717) is 18.8 Å². The summed E-state index contributed by atoms with van der Waals surface area (Å²) in [5, 5.41) is 18.6. The quantitative estimate of drug-likeness (QED) is 0.887. The van der Waals surface area contributed by atoms with E-state index >= 15 is 0 Å². The third kappa shape index (κ3) is 2.56. The number of rotatable bonds is 3. The summed E-state index contributed by atoms with van der Waals surface area (Å²) in [4.78, 5) is 11.5. The fourth-order valence-electron chi connectivity index (χ4n) is 2.21. The van der Waals surface area contributed by atoms with Crippen molar-refractivity contribution in [2.45, 2.75) is 12.5 Å². The summed E-state index contributed by atoms with van der Waals surface area (Å²) >= 11 is 0. The first-order valence-electron chi connectivity index (χ1n) is 6.47. The molecule has 2 aromatic rings. The van der Waals surface area contributed by atoms with Crippen molar-refractivity contribution in [1.29, 1.82) is 5.26 Å². The normalized spacial score (nSPS) is 17.3. The number of halogens is 1. The minimum atomic E-state index is -0.526. The van der Waals surface area contributed by atoms with Crippen molar-refractivity contribution in [3.8, 4) is 11.8 Å². The third-order valence-corrected chi connectivity index (χ3v) is 3.28. The number of nitrogens with one attached hydrogen (secondary N) is 2. The highest BCUT2D eigenvalue weighted by Crippen LogP contribution is 2.17. The lowest BCUT2D eigenvalue weighted by Gasteiger charge is -2.08. The van der Waals surface area contributed by atoms with Crippen LogP contribution in [0.5, 0.6) is 0 Å². The first kappa shape index (κ1) is 13.1. The molecule has 2 N–H and O–H groups in total. The second-order valence-corrected chi connectivity index (χ2v) is 4.70. The lowest BCUT2D eigenvalue weighted by atomic mass is 10.2. The summed E-state index contributed by atoms with van der Waals surface area (Å²) in [6.07, 6.45) is 2.29. The van der Waals surface area contributed by atoms with Gasteiger partial charge < -0.3 is 10.6 Å². The number of hydrogen-bond acceptors (Lipinski definition) is 4. The number of nitrogens with zero attached hydrogens (tertiary/aromatic N) is 3. The Bertz CT molecular complexity index is 733. The van der Waals surface area contributed by atoms with Crippen LogP contribution in [0.4, 0.5) is 10.2 Å². The van der Waals surface area contributed by atoms with Gasteiger partial charge in [0.2, 0.25) is 5.91 Å². The largest absolute Gasteiger partial charge is 0.357 e. The van der Waals surface area contributed by atoms with Gasteiger partial charge in [0.25, 0.3) is 0 Å². The van der Waals surface area contributed by atoms with Crippen molar-refractivity contribution in [2.75, 3.05) is 11.9 Å². The monoisotopic (exact) mass is 285 g/mol. The Balaban J connectivity index is 1.82. The highest BCUT2D eigenvalue weighted by molar-refractivity contribution is 5.86. The zero-order valence-corrected chi connectivity index (χ0v) is 11.0. The van der Waals surface area contributed by atoms with Gasteiger partial charge in [-0.15, -0.1) is 0 Å². The molecule has 1 amide bonds. The fourth-order valence-corrected chi connectivity index (χ4v) is 2.21. The number of amides is 1. The van der Waals surface area contributed by atoms with Gasteiger partial charge in [0.15, 0.2) is 0 Å². The number of anilines is 1. The molecule has 0 bridgehead atoms. The molecule has 1 fully saturated rings. The summed E-state index contributed by atoms with van der Waals surface area (Å²) in [7, 11) is 0. The maximum Gasteiger partial charge on any atom is 0.242 e. The van der Waals surface area contributed by atoms with E-state index in [2.05, 4.69) is 15.7 Å². The van der Waals surface area contributed by atoms with Crippen LogP contribution in [0.1, 0.15) is 12.0 Å². The lowest BCUT2D eigenvalue weighted by molar-refractivity contribution is -0.119. The molecule has 1 atom stereocenters. The van der Waals surface area contributed by atoms with Crippen LogP contribution in [0.2, 0.25) is 0 Å². The summed E-state index contributed by atoms with van der Waals surface area (Å²) in [6.45, 7) is 0.640. The van der Waals surface area contributed by atoms with Gasteiger partial charge in [0.1, 0.15) is 23.4 Å². The van der Waals surface area contributed by atoms with Crippen LogP contribution in [-0.4, -0.2) is 28.3 Å². The maximum atomic E-state index is 13.9. The standard InChI is InChI=1S/C14H12FN5O/c15-10-7-9(8-16)1-2-12(10)20-6-4-13(19-20)18-11-3-5-17-14(11)21/h1-2,4,6-7,11H,3,5H2,(H,17,21)(H,18,19). The molecule has 2 heterocycles. The van der Waals surface area contributed by atoms with Crippen LogP contribution in [-0.2, 0) is 4.79 Å². The van der Waals surface area contributed by atoms with E-state index in [1.807, 2.05) is 6.07 Å². The van der Waals surface area contributed by atoms with Crippen LogP contribution in [0.15, 0.2) is 30.5 Å². The fraction of sp³-hybridized carbons (Fsp3) is 0.214. The van der Waals surface area contributed by atoms with Crippen LogP contribution in [0.25, 0.3) is 5.69 Å². The molecule has 1 saturated heterocycles. The molecule has 1 aromatic carbocycles. The Morgan fingerprint density at radius 1 is 1.48 bits per heavy atom.